The lowest BCUT2D eigenvalue weighted by molar-refractivity contribution is 0.480. The molecule has 19 heavy (non-hydrogen) atoms. The van der Waals surface area contributed by atoms with Crippen LogP contribution in [0.5, 0.6) is 10.9 Å². The number of hydrogen-bond donors (Lipinski definition) is 0. The van der Waals surface area contributed by atoms with Crippen molar-refractivity contribution in [3.05, 3.63) is 48.2 Å². The topological polar surface area (TPSA) is 35.0 Å². The number of thiazole rings is 1. The number of aromatic nitrogens is 2. The molecule has 0 saturated carbocycles. The molecule has 0 atom stereocenters. The van der Waals surface area contributed by atoms with Gasteiger partial charge >= 0.3 is 0 Å². The largest absolute Gasteiger partial charge is 0.431 e. The van der Waals surface area contributed by atoms with Crippen LogP contribution in [0.1, 0.15) is 5.56 Å². The number of nitrogens with zero attached hydrogens (tertiary/aromatic N) is 2. The van der Waals surface area contributed by atoms with Gasteiger partial charge in [0, 0.05) is 12.1 Å². The summed E-state index contributed by atoms with van der Waals surface area (Å²) in [5.41, 5.74) is 1.78. The van der Waals surface area contributed by atoms with E-state index in [0.717, 1.165) is 21.7 Å². The van der Waals surface area contributed by atoms with Gasteiger partial charge in [-0.25, -0.2) is 4.98 Å². The minimum absolute atomic E-state index is 0. The van der Waals surface area contributed by atoms with E-state index in [4.69, 9.17) is 16.3 Å². The van der Waals surface area contributed by atoms with Crippen LogP contribution in [-0.2, 0) is 5.88 Å². The second-order valence-electron chi connectivity index (χ2n) is 3.68. The summed E-state index contributed by atoms with van der Waals surface area (Å²) in [7, 11) is 0. The van der Waals surface area contributed by atoms with Gasteiger partial charge in [0.25, 0.3) is 5.19 Å². The molecule has 3 nitrogen and oxygen atoms in total. The Kier molecular flexibility index (Phi) is 4.58. The van der Waals surface area contributed by atoms with E-state index in [2.05, 4.69) is 9.97 Å². The highest BCUT2D eigenvalue weighted by Crippen LogP contribution is 2.30. The van der Waals surface area contributed by atoms with Crippen molar-refractivity contribution in [2.75, 3.05) is 0 Å². The lowest BCUT2D eigenvalue weighted by atomic mass is 10.2. The maximum absolute atomic E-state index is 5.73. The molecule has 0 amide bonds. The average molecular weight is 313 g/mol. The molecule has 2 heterocycles. The van der Waals surface area contributed by atoms with Gasteiger partial charge in [0.1, 0.15) is 5.75 Å². The van der Waals surface area contributed by atoms with E-state index in [9.17, 15) is 0 Å². The summed E-state index contributed by atoms with van der Waals surface area (Å²) in [4.78, 5) is 8.48. The lowest BCUT2D eigenvalue weighted by Gasteiger charge is -2.01. The van der Waals surface area contributed by atoms with Crippen LogP contribution in [0.2, 0.25) is 0 Å². The molecule has 0 bridgehead atoms. The Balaban J connectivity index is 0.00000133. The van der Waals surface area contributed by atoms with Crippen LogP contribution in [-0.4, -0.2) is 9.97 Å². The first-order chi connectivity index (χ1) is 8.85. The second kappa shape index (κ2) is 6.19. The molecule has 0 N–H and O–H groups in total. The zero-order valence-electron chi connectivity index (χ0n) is 9.75. The van der Waals surface area contributed by atoms with Crippen LogP contribution in [0.25, 0.3) is 10.3 Å². The fraction of sp³-hybridized carbons (Fsp3) is 0.0769. The van der Waals surface area contributed by atoms with Crippen molar-refractivity contribution in [3.63, 3.8) is 0 Å². The fourth-order valence-electron chi connectivity index (χ4n) is 1.54. The van der Waals surface area contributed by atoms with E-state index in [1.165, 1.54) is 11.3 Å². The monoisotopic (exact) mass is 312 g/mol. The van der Waals surface area contributed by atoms with E-state index in [1.807, 2.05) is 36.4 Å². The van der Waals surface area contributed by atoms with E-state index in [1.54, 1.807) is 6.20 Å². The molecule has 0 aliphatic heterocycles. The summed E-state index contributed by atoms with van der Waals surface area (Å²) < 4.78 is 6.71. The van der Waals surface area contributed by atoms with Crippen molar-refractivity contribution < 1.29 is 4.74 Å². The van der Waals surface area contributed by atoms with Crippen LogP contribution in [0.4, 0.5) is 0 Å². The number of fused-ring (bicyclic) bond motifs is 1. The van der Waals surface area contributed by atoms with Crippen molar-refractivity contribution >= 4 is 45.7 Å². The molecule has 2 aromatic heterocycles. The van der Waals surface area contributed by atoms with Gasteiger partial charge < -0.3 is 4.74 Å². The SMILES string of the molecule is Cl.ClCc1ccc(Oc2nc3ncccc3s2)cc1. The average Bonchev–Trinajstić information content (AvgIpc) is 2.82. The summed E-state index contributed by atoms with van der Waals surface area (Å²) in [6, 6.07) is 11.5. The maximum atomic E-state index is 5.73. The summed E-state index contributed by atoms with van der Waals surface area (Å²) in [5, 5.41) is 0.599. The fourth-order valence-corrected chi connectivity index (χ4v) is 2.51. The first kappa shape index (κ1) is 14.1. The van der Waals surface area contributed by atoms with E-state index >= 15 is 0 Å². The third kappa shape index (κ3) is 3.15. The van der Waals surface area contributed by atoms with Gasteiger partial charge in [-0.2, -0.15) is 4.98 Å². The number of benzene rings is 1. The Bertz CT molecular complexity index is 637. The second-order valence-corrected chi connectivity index (χ2v) is 4.95. The van der Waals surface area contributed by atoms with Crippen molar-refractivity contribution in [2.45, 2.75) is 5.88 Å². The Morgan fingerprint density at radius 3 is 2.63 bits per heavy atom. The molecule has 3 rings (SSSR count). The summed E-state index contributed by atoms with van der Waals surface area (Å²) in [5.74, 6) is 1.26. The zero-order chi connectivity index (χ0) is 12.4. The van der Waals surface area contributed by atoms with E-state index in [0.29, 0.717) is 11.1 Å². The van der Waals surface area contributed by atoms with Crippen molar-refractivity contribution in [3.8, 4) is 10.9 Å². The number of rotatable bonds is 3. The molecule has 3 aromatic rings. The molecule has 0 unspecified atom stereocenters. The number of hydrogen-bond acceptors (Lipinski definition) is 4. The molecule has 0 saturated heterocycles. The van der Waals surface area contributed by atoms with Crippen LogP contribution in [0.3, 0.4) is 0 Å². The van der Waals surface area contributed by atoms with Gasteiger partial charge in [-0.05, 0) is 29.8 Å². The van der Waals surface area contributed by atoms with Crippen molar-refractivity contribution in [1.29, 1.82) is 0 Å². The van der Waals surface area contributed by atoms with E-state index < -0.39 is 0 Å². The first-order valence-corrected chi connectivity index (χ1v) is 6.74. The number of pyridine rings is 1. The summed E-state index contributed by atoms with van der Waals surface area (Å²) >= 11 is 7.21. The summed E-state index contributed by atoms with van der Waals surface area (Å²) in [6.45, 7) is 0. The van der Waals surface area contributed by atoms with Crippen LogP contribution in [0, 0.1) is 0 Å². The summed E-state index contributed by atoms with van der Waals surface area (Å²) in [6.07, 6.45) is 1.72. The standard InChI is InChI=1S/C13H9ClN2OS.ClH/c14-8-9-3-5-10(6-4-9)17-13-16-12-11(18-13)2-1-7-15-12;/h1-7H,8H2;1H. The third-order valence-corrected chi connectivity index (χ3v) is 3.62. The Hall–Kier alpha value is -1.36. The number of alkyl halides is 1. The molecular weight excluding hydrogens is 303 g/mol. The molecule has 6 heteroatoms. The van der Waals surface area contributed by atoms with Gasteiger partial charge in [0.05, 0.1) is 4.70 Å². The van der Waals surface area contributed by atoms with Gasteiger partial charge in [-0.15, -0.1) is 24.0 Å². The minimum atomic E-state index is 0. The Labute approximate surface area is 125 Å². The number of halogens is 2. The molecule has 0 aliphatic carbocycles. The van der Waals surface area contributed by atoms with Crippen molar-refractivity contribution in [1.82, 2.24) is 9.97 Å². The molecule has 98 valence electrons. The molecule has 0 aliphatic rings. The van der Waals surface area contributed by atoms with Gasteiger partial charge in [-0.3, -0.25) is 0 Å². The molecule has 0 spiro atoms. The molecule has 0 fully saturated rings. The van der Waals surface area contributed by atoms with Gasteiger partial charge in [0.15, 0.2) is 5.65 Å². The zero-order valence-corrected chi connectivity index (χ0v) is 12.1. The van der Waals surface area contributed by atoms with Crippen LogP contribution < -0.4 is 4.74 Å². The first-order valence-electron chi connectivity index (χ1n) is 5.39. The highest BCUT2D eigenvalue weighted by molar-refractivity contribution is 7.20. The van der Waals surface area contributed by atoms with Gasteiger partial charge in [0.2, 0.25) is 0 Å². The molecule has 0 radical (unpaired) electrons. The molecular formula is C13H10Cl2N2OS. The Morgan fingerprint density at radius 1 is 1.16 bits per heavy atom. The Morgan fingerprint density at radius 2 is 1.95 bits per heavy atom. The quantitative estimate of drug-likeness (QED) is 0.661. The highest BCUT2D eigenvalue weighted by Gasteiger charge is 2.06. The minimum Gasteiger partial charge on any atom is -0.431 e. The lowest BCUT2D eigenvalue weighted by Crippen LogP contribution is -1.84. The maximum Gasteiger partial charge on any atom is 0.281 e. The van der Waals surface area contributed by atoms with Crippen LogP contribution >= 0.6 is 35.3 Å². The van der Waals surface area contributed by atoms with Crippen LogP contribution in [0.15, 0.2) is 42.6 Å². The third-order valence-electron chi connectivity index (χ3n) is 2.43. The highest BCUT2D eigenvalue weighted by atomic mass is 35.5. The van der Waals surface area contributed by atoms with Gasteiger partial charge in [-0.1, -0.05) is 23.5 Å². The smallest absolute Gasteiger partial charge is 0.281 e. The normalized spacial score (nSPS) is 10.2. The van der Waals surface area contributed by atoms with Crippen molar-refractivity contribution in [2.24, 2.45) is 0 Å². The molecule has 1 aromatic carbocycles. The number of ether oxygens (including phenoxy) is 1. The predicted octanol–water partition coefficient (Wildman–Crippen LogP) is 4.64. The van der Waals surface area contributed by atoms with E-state index in [-0.39, 0.29) is 12.4 Å². The predicted molar refractivity (Wildman–Crippen MR) is 80.7 cm³/mol.